The van der Waals surface area contributed by atoms with Crippen molar-refractivity contribution in [3.63, 3.8) is 0 Å². The van der Waals surface area contributed by atoms with E-state index in [0.29, 0.717) is 0 Å². The average Bonchev–Trinajstić information content (AvgIpc) is 2.58. The molecule has 0 amide bonds. The maximum absolute atomic E-state index is 9.23. The summed E-state index contributed by atoms with van der Waals surface area (Å²) in [6.07, 6.45) is 0. The molecule has 0 aliphatic rings. The minimum Gasteiger partial charge on any atom is -0.493 e. The first-order valence-electron chi connectivity index (χ1n) is 4.80. The van der Waals surface area contributed by atoms with E-state index >= 15 is 0 Å². The first kappa shape index (κ1) is 10.2. The van der Waals surface area contributed by atoms with Gasteiger partial charge in [-0.05, 0) is 43.5 Å². The van der Waals surface area contributed by atoms with Crippen LogP contribution in [-0.4, -0.2) is 10.1 Å². The van der Waals surface area contributed by atoms with Gasteiger partial charge in [-0.15, -0.1) is 11.3 Å². The van der Waals surface area contributed by atoms with E-state index in [4.69, 9.17) is 0 Å². The average molecular weight is 219 g/mol. The molecule has 2 rings (SSSR count). The fourth-order valence-electron chi connectivity index (χ4n) is 1.58. The highest BCUT2D eigenvalue weighted by atomic mass is 32.1. The molecule has 1 aromatic heterocycles. The van der Waals surface area contributed by atoms with E-state index in [9.17, 15) is 5.11 Å². The number of hydrogen-bond acceptors (Lipinski definition) is 3. The van der Waals surface area contributed by atoms with Gasteiger partial charge in [0.25, 0.3) is 0 Å². The van der Waals surface area contributed by atoms with Crippen LogP contribution in [0, 0.1) is 20.8 Å². The first-order chi connectivity index (χ1) is 7.08. The zero-order chi connectivity index (χ0) is 11.0. The van der Waals surface area contributed by atoms with Gasteiger partial charge in [0.2, 0.25) is 5.88 Å². The summed E-state index contributed by atoms with van der Waals surface area (Å²) in [7, 11) is 0. The topological polar surface area (TPSA) is 33.1 Å². The van der Waals surface area contributed by atoms with Gasteiger partial charge in [-0.1, -0.05) is 6.07 Å². The maximum Gasteiger partial charge on any atom is 0.222 e. The number of hydrogen-bond donors (Lipinski definition) is 1. The summed E-state index contributed by atoms with van der Waals surface area (Å²) in [5, 5.41) is 11.8. The molecule has 1 heterocycles. The van der Waals surface area contributed by atoms with Gasteiger partial charge < -0.3 is 5.11 Å². The van der Waals surface area contributed by atoms with Crippen LogP contribution in [-0.2, 0) is 0 Å². The molecule has 1 aromatic carbocycles. The number of benzene rings is 1. The molecule has 0 aliphatic carbocycles. The Kier molecular flexibility index (Phi) is 2.49. The van der Waals surface area contributed by atoms with Gasteiger partial charge in [-0.3, -0.25) is 0 Å². The quantitative estimate of drug-likeness (QED) is 0.797. The molecule has 0 atom stereocenters. The van der Waals surface area contributed by atoms with Crippen LogP contribution in [0.25, 0.3) is 10.6 Å². The molecule has 0 spiro atoms. The lowest BCUT2D eigenvalue weighted by Gasteiger charge is -2.06. The largest absolute Gasteiger partial charge is 0.493 e. The van der Waals surface area contributed by atoms with Gasteiger partial charge in [0, 0.05) is 5.56 Å². The van der Waals surface area contributed by atoms with Crippen LogP contribution in [0.2, 0.25) is 0 Å². The summed E-state index contributed by atoms with van der Waals surface area (Å²) < 4.78 is 0. The van der Waals surface area contributed by atoms with Crippen molar-refractivity contribution in [2.24, 2.45) is 0 Å². The van der Waals surface area contributed by atoms with Crippen LogP contribution in [0.5, 0.6) is 5.88 Å². The third-order valence-corrected chi connectivity index (χ3v) is 3.43. The van der Waals surface area contributed by atoms with Gasteiger partial charge >= 0.3 is 0 Å². The summed E-state index contributed by atoms with van der Waals surface area (Å²) in [6.45, 7) is 6.26. The normalized spacial score (nSPS) is 10.6. The van der Waals surface area contributed by atoms with E-state index in [1.165, 1.54) is 28.0 Å². The smallest absolute Gasteiger partial charge is 0.222 e. The summed E-state index contributed by atoms with van der Waals surface area (Å²) >= 11 is 1.47. The molecule has 2 nitrogen and oxygen atoms in total. The fourth-order valence-corrected chi connectivity index (χ4v) is 2.34. The Labute approximate surface area is 93.2 Å². The molecule has 78 valence electrons. The number of rotatable bonds is 1. The fraction of sp³-hybridized carbons (Fsp3) is 0.250. The third kappa shape index (κ3) is 1.88. The Morgan fingerprint density at radius 1 is 1.07 bits per heavy atom. The molecule has 0 fully saturated rings. The Morgan fingerprint density at radius 2 is 1.73 bits per heavy atom. The zero-order valence-electron chi connectivity index (χ0n) is 9.03. The second-order valence-electron chi connectivity index (χ2n) is 3.76. The van der Waals surface area contributed by atoms with Crippen molar-refractivity contribution in [1.29, 1.82) is 0 Å². The van der Waals surface area contributed by atoms with E-state index in [1.54, 1.807) is 5.38 Å². The third-order valence-electron chi connectivity index (χ3n) is 2.56. The first-order valence-corrected chi connectivity index (χ1v) is 5.68. The van der Waals surface area contributed by atoms with Crippen LogP contribution in [0.4, 0.5) is 0 Å². The number of nitrogens with zero attached hydrogens (tertiary/aromatic N) is 1. The summed E-state index contributed by atoms with van der Waals surface area (Å²) in [4.78, 5) is 4.09. The summed E-state index contributed by atoms with van der Waals surface area (Å²) in [5.74, 6) is 0.104. The van der Waals surface area contributed by atoms with Crippen LogP contribution < -0.4 is 0 Å². The van der Waals surface area contributed by atoms with E-state index in [2.05, 4.69) is 37.9 Å². The second-order valence-corrected chi connectivity index (χ2v) is 4.62. The van der Waals surface area contributed by atoms with Crippen LogP contribution in [0.1, 0.15) is 16.7 Å². The Hall–Kier alpha value is -1.35. The minimum atomic E-state index is 0.104. The molecule has 0 aliphatic heterocycles. The van der Waals surface area contributed by atoms with Crippen molar-refractivity contribution >= 4 is 11.3 Å². The monoisotopic (exact) mass is 219 g/mol. The lowest BCUT2D eigenvalue weighted by atomic mass is 10.0. The van der Waals surface area contributed by atoms with Crippen molar-refractivity contribution in [3.05, 3.63) is 34.2 Å². The SMILES string of the molecule is Cc1cc(C)c(-c2nc(O)cs2)cc1C. The van der Waals surface area contributed by atoms with Crippen molar-refractivity contribution in [2.45, 2.75) is 20.8 Å². The van der Waals surface area contributed by atoms with Crippen LogP contribution in [0.15, 0.2) is 17.5 Å². The van der Waals surface area contributed by atoms with Crippen molar-refractivity contribution in [1.82, 2.24) is 4.98 Å². The zero-order valence-corrected chi connectivity index (χ0v) is 9.85. The van der Waals surface area contributed by atoms with Gasteiger partial charge in [-0.2, -0.15) is 0 Å². The number of aromatic hydroxyl groups is 1. The standard InChI is InChI=1S/C12H13NOS/c1-7-4-9(3)10(5-8(7)2)12-13-11(14)6-15-12/h4-6,14H,1-3H3. The maximum atomic E-state index is 9.23. The van der Waals surface area contributed by atoms with Crippen molar-refractivity contribution in [3.8, 4) is 16.5 Å². The van der Waals surface area contributed by atoms with E-state index in [-0.39, 0.29) is 5.88 Å². The van der Waals surface area contributed by atoms with E-state index in [0.717, 1.165) is 10.6 Å². The molecule has 0 saturated carbocycles. The number of thiazole rings is 1. The Morgan fingerprint density at radius 3 is 2.33 bits per heavy atom. The Bertz CT molecular complexity index is 502. The van der Waals surface area contributed by atoms with E-state index in [1.807, 2.05) is 0 Å². The predicted octanol–water partition coefficient (Wildman–Crippen LogP) is 3.44. The Balaban J connectivity index is 2.58. The van der Waals surface area contributed by atoms with Crippen molar-refractivity contribution < 1.29 is 5.11 Å². The van der Waals surface area contributed by atoms with E-state index < -0.39 is 0 Å². The molecule has 1 N–H and O–H groups in total. The van der Waals surface area contributed by atoms with Crippen LogP contribution in [0.3, 0.4) is 0 Å². The highest BCUT2D eigenvalue weighted by Gasteiger charge is 2.08. The highest BCUT2D eigenvalue weighted by molar-refractivity contribution is 7.13. The molecular formula is C12H13NOS. The molecule has 15 heavy (non-hydrogen) atoms. The minimum absolute atomic E-state index is 0.104. The van der Waals surface area contributed by atoms with Gasteiger partial charge in [0.1, 0.15) is 5.01 Å². The van der Waals surface area contributed by atoms with Gasteiger partial charge in [0.15, 0.2) is 0 Å². The molecule has 3 heteroatoms. The molecule has 2 aromatic rings. The van der Waals surface area contributed by atoms with Crippen molar-refractivity contribution in [2.75, 3.05) is 0 Å². The predicted molar refractivity (Wildman–Crippen MR) is 63.4 cm³/mol. The molecule has 0 saturated heterocycles. The number of aromatic nitrogens is 1. The number of aryl methyl sites for hydroxylation is 3. The molecule has 0 unspecified atom stereocenters. The highest BCUT2D eigenvalue weighted by Crippen LogP contribution is 2.30. The van der Waals surface area contributed by atoms with Crippen LogP contribution >= 0.6 is 11.3 Å². The van der Waals surface area contributed by atoms with Gasteiger partial charge in [0.05, 0.1) is 5.38 Å². The summed E-state index contributed by atoms with van der Waals surface area (Å²) in [5.41, 5.74) is 4.86. The lowest BCUT2D eigenvalue weighted by molar-refractivity contribution is 0.458. The molecular weight excluding hydrogens is 206 g/mol. The lowest BCUT2D eigenvalue weighted by Crippen LogP contribution is -1.88. The molecule has 0 radical (unpaired) electrons. The second kappa shape index (κ2) is 3.66. The summed E-state index contributed by atoms with van der Waals surface area (Å²) in [6, 6.07) is 4.28. The molecule has 0 bridgehead atoms. The van der Waals surface area contributed by atoms with Gasteiger partial charge in [-0.25, -0.2) is 4.98 Å².